The number of rotatable bonds is 4. The highest BCUT2D eigenvalue weighted by atomic mass is 16.5. The van der Waals surface area contributed by atoms with Gasteiger partial charge in [-0.15, -0.1) is 4.52 Å². The third kappa shape index (κ3) is 2.98. The van der Waals surface area contributed by atoms with Crippen LogP contribution in [0.2, 0.25) is 0 Å². The third-order valence-corrected chi connectivity index (χ3v) is 5.01. The van der Waals surface area contributed by atoms with Crippen LogP contribution in [-0.2, 0) is 6.54 Å². The van der Waals surface area contributed by atoms with E-state index in [2.05, 4.69) is 20.1 Å². The first kappa shape index (κ1) is 18.0. The summed E-state index contributed by atoms with van der Waals surface area (Å²) >= 11 is 0. The maximum absolute atomic E-state index is 13.6. The Morgan fingerprint density at radius 2 is 1.97 bits per heavy atom. The number of methoxy groups -OCH3 is 1. The molecule has 30 heavy (non-hydrogen) atoms. The van der Waals surface area contributed by atoms with Crippen molar-refractivity contribution < 1.29 is 9.25 Å². The fourth-order valence-electron chi connectivity index (χ4n) is 3.62. The van der Waals surface area contributed by atoms with Crippen molar-refractivity contribution in [3.05, 3.63) is 82.8 Å². The summed E-state index contributed by atoms with van der Waals surface area (Å²) < 4.78 is 8.83. The summed E-state index contributed by atoms with van der Waals surface area (Å²) in [7, 11) is 1.62. The van der Waals surface area contributed by atoms with Crippen LogP contribution in [0.4, 0.5) is 0 Å². The van der Waals surface area contributed by atoms with Gasteiger partial charge in [-0.3, -0.25) is 9.78 Å². The van der Waals surface area contributed by atoms with E-state index in [1.54, 1.807) is 34.8 Å². The van der Waals surface area contributed by atoms with Crippen molar-refractivity contribution in [2.45, 2.75) is 13.5 Å². The van der Waals surface area contributed by atoms with Crippen LogP contribution < -0.4 is 14.8 Å². The van der Waals surface area contributed by atoms with Crippen LogP contribution in [0.15, 0.2) is 65.8 Å². The molecule has 0 saturated heterocycles. The lowest BCUT2D eigenvalue weighted by Gasteiger charge is -2.09. The normalized spacial score (nSPS) is 11.3. The third-order valence-electron chi connectivity index (χ3n) is 5.01. The minimum atomic E-state index is -0.128. The molecule has 5 rings (SSSR count). The lowest BCUT2D eigenvalue weighted by molar-refractivity contribution is -0.567. The van der Waals surface area contributed by atoms with E-state index in [0.717, 1.165) is 11.1 Å². The summed E-state index contributed by atoms with van der Waals surface area (Å²) in [5.41, 5.74) is 2.99. The number of pyridine rings is 2. The quantitative estimate of drug-likeness (QED) is 0.468. The number of nitrogens with one attached hydrogen (secondary N) is 1. The Kier molecular flexibility index (Phi) is 4.24. The number of hydrogen-bond donors (Lipinski definition) is 1. The Morgan fingerprint density at radius 1 is 1.13 bits per heavy atom. The van der Waals surface area contributed by atoms with E-state index in [9.17, 15) is 4.79 Å². The molecule has 0 fully saturated rings. The van der Waals surface area contributed by atoms with E-state index in [1.165, 1.54) is 0 Å². The molecule has 0 spiro atoms. The predicted molar refractivity (Wildman–Crippen MR) is 111 cm³/mol. The molecular weight excluding hydrogens is 380 g/mol. The molecule has 1 N–H and O–H groups in total. The number of hydrogen-bond acceptors (Lipinski definition) is 5. The Bertz CT molecular complexity index is 1440. The van der Waals surface area contributed by atoms with Crippen molar-refractivity contribution in [1.29, 1.82) is 0 Å². The topological polar surface area (TPSA) is 89.8 Å². The molecule has 4 heterocycles. The van der Waals surface area contributed by atoms with E-state index < -0.39 is 0 Å². The molecule has 0 aliphatic rings. The van der Waals surface area contributed by atoms with E-state index >= 15 is 0 Å². The summed E-state index contributed by atoms with van der Waals surface area (Å²) in [5.74, 6) is 1.92. The minimum Gasteiger partial charge on any atom is -0.497 e. The molecule has 0 radical (unpaired) electrons. The van der Waals surface area contributed by atoms with Gasteiger partial charge in [-0.25, -0.2) is 5.10 Å². The van der Waals surface area contributed by atoms with Crippen LogP contribution in [0, 0.1) is 6.92 Å². The van der Waals surface area contributed by atoms with Gasteiger partial charge >= 0.3 is 5.78 Å². The van der Waals surface area contributed by atoms with Gasteiger partial charge in [-0.1, -0.05) is 22.1 Å². The van der Waals surface area contributed by atoms with Gasteiger partial charge in [0.1, 0.15) is 11.1 Å². The number of aromatic amines is 1. The summed E-state index contributed by atoms with van der Waals surface area (Å²) in [6, 6.07) is 13.3. The summed E-state index contributed by atoms with van der Waals surface area (Å²) in [5, 5.41) is 3.71. The van der Waals surface area contributed by atoms with Gasteiger partial charge in [0.05, 0.1) is 13.7 Å². The van der Waals surface area contributed by atoms with Crippen LogP contribution >= 0.6 is 0 Å². The average Bonchev–Trinajstić information content (AvgIpc) is 3.14. The van der Waals surface area contributed by atoms with E-state index in [0.29, 0.717) is 40.5 Å². The number of aryl methyl sites for hydroxylation is 1. The van der Waals surface area contributed by atoms with Crippen molar-refractivity contribution in [1.82, 2.24) is 24.6 Å². The summed E-state index contributed by atoms with van der Waals surface area (Å²) in [6.07, 6.45) is 5.21. The smallest absolute Gasteiger partial charge is 0.458 e. The Morgan fingerprint density at radius 3 is 2.77 bits per heavy atom. The second-order valence-electron chi connectivity index (χ2n) is 7.00. The molecule has 5 aromatic rings. The number of fused-ring (bicyclic) bond motifs is 2. The molecule has 8 nitrogen and oxygen atoms in total. The minimum absolute atomic E-state index is 0.128. The highest BCUT2D eigenvalue weighted by molar-refractivity contribution is 5.90. The molecule has 0 bridgehead atoms. The van der Waals surface area contributed by atoms with Gasteiger partial charge in [0.15, 0.2) is 11.2 Å². The Labute approximate surface area is 171 Å². The zero-order valence-corrected chi connectivity index (χ0v) is 16.5. The van der Waals surface area contributed by atoms with Gasteiger partial charge in [-0.2, -0.15) is 0 Å². The molecule has 0 aliphatic heterocycles. The number of benzene rings is 1. The highest BCUT2D eigenvalue weighted by Gasteiger charge is 2.24. The first-order valence-electron chi connectivity index (χ1n) is 9.49. The SMILES string of the molecule is COc1cccc(-c2c3c(=O)n(Cc4ccncc4)ccc3nc3nc(C)[nH][n+]23)c1. The number of ether oxygens (including phenoxy) is 1. The molecule has 1 aromatic carbocycles. The molecule has 0 saturated carbocycles. The zero-order valence-electron chi connectivity index (χ0n) is 16.5. The van der Waals surface area contributed by atoms with Crippen LogP contribution in [0.3, 0.4) is 0 Å². The van der Waals surface area contributed by atoms with Crippen LogP contribution in [0.25, 0.3) is 27.9 Å². The first-order valence-corrected chi connectivity index (χ1v) is 9.49. The van der Waals surface area contributed by atoms with Crippen molar-refractivity contribution >= 4 is 16.7 Å². The van der Waals surface area contributed by atoms with Crippen molar-refractivity contribution in [3.8, 4) is 17.0 Å². The molecule has 8 heteroatoms. The maximum atomic E-state index is 13.6. The van der Waals surface area contributed by atoms with Gasteiger partial charge in [0, 0.05) is 31.1 Å². The zero-order chi connectivity index (χ0) is 20.7. The largest absolute Gasteiger partial charge is 0.497 e. The van der Waals surface area contributed by atoms with Crippen LogP contribution in [0.1, 0.15) is 11.4 Å². The fraction of sp³-hybridized carbons (Fsp3) is 0.136. The Hall–Kier alpha value is -4.07. The van der Waals surface area contributed by atoms with E-state index in [-0.39, 0.29) is 5.56 Å². The number of nitrogens with zero attached hydrogens (tertiary/aromatic N) is 5. The van der Waals surface area contributed by atoms with Crippen molar-refractivity contribution in [3.63, 3.8) is 0 Å². The fourth-order valence-corrected chi connectivity index (χ4v) is 3.62. The van der Waals surface area contributed by atoms with Crippen molar-refractivity contribution in [2.24, 2.45) is 0 Å². The monoisotopic (exact) mass is 399 g/mol. The Balaban J connectivity index is 1.83. The standard InChI is InChI=1S/C22H18N6O2/c1-14-24-22-25-18-8-11-27(13-15-6-9-23-10-7-15)21(29)19(18)20(28(22)26-14)16-4-3-5-17(12-16)30-2/h3-12H,13H2,1-2H3/p+1. The summed E-state index contributed by atoms with van der Waals surface area (Å²) in [6.45, 7) is 2.30. The average molecular weight is 399 g/mol. The number of aromatic nitrogens is 6. The van der Waals surface area contributed by atoms with Gasteiger partial charge in [0.25, 0.3) is 5.56 Å². The lowest BCUT2D eigenvalue weighted by Crippen LogP contribution is -2.32. The second-order valence-corrected chi connectivity index (χ2v) is 7.00. The van der Waals surface area contributed by atoms with Crippen LogP contribution in [-0.4, -0.2) is 31.7 Å². The first-order chi connectivity index (χ1) is 14.6. The second kappa shape index (κ2) is 7.07. The summed E-state index contributed by atoms with van der Waals surface area (Å²) in [4.78, 5) is 26.7. The van der Waals surface area contributed by atoms with E-state index in [1.807, 2.05) is 49.4 Å². The molecule has 0 aliphatic carbocycles. The van der Waals surface area contributed by atoms with Crippen molar-refractivity contribution in [2.75, 3.05) is 7.11 Å². The molecule has 0 amide bonds. The number of H-pyrrole nitrogens is 1. The maximum Gasteiger partial charge on any atom is 0.458 e. The highest BCUT2D eigenvalue weighted by Crippen LogP contribution is 2.25. The molecule has 0 atom stereocenters. The van der Waals surface area contributed by atoms with Gasteiger partial charge < -0.3 is 9.30 Å². The molecule has 0 unspecified atom stereocenters. The van der Waals surface area contributed by atoms with Crippen LogP contribution in [0.5, 0.6) is 5.75 Å². The van der Waals surface area contributed by atoms with Gasteiger partial charge in [0.2, 0.25) is 5.82 Å². The molecular formula is C22H19N6O2+. The van der Waals surface area contributed by atoms with E-state index in [4.69, 9.17) is 4.74 Å². The predicted octanol–water partition coefficient (Wildman–Crippen LogP) is 2.29. The molecule has 4 aromatic heterocycles. The lowest BCUT2D eigenvalue weighted by atomic mass is 10.1. The van der Waals surface area contributed by atoms with Gasteiger partial charge in [-0.05, 0) is 35.9 Å². The molecule has 148 valence electrons.